The zero-order valence-electron chi connectivity index (χ0n) is 15.1. The van der Waals surface area contributed by atoms with Crippen LogP contribution in [0.5, 0.6) is 5.75 Å². The van der Waals surface area contributed by atoms with Crippen molar-refractivity contribution in [3.63, 3.8) is 0 Å². The molecule has 0 aliphatic heterocycles. The van der Waals surface area contributed by atoms with Crippen LogP contribution in [-0.4, -0.2) is 11.3 Å². The molecule has 3 aromatic rings. The van der Waals surface area contributed by atoms with Crippen molar-refractivity contribution in [1.29, 1.82) is 5.26 Å². The zero-order chi connectivity index (χ0) is 20.2. The van der Waals surface area contributed by atoms with Crippen molar-refractivity contribution >= 4 is 0 Å². The number of hydrogen-bond donors (Lipinski definition) is 0. The molecule has 0 N–H and O–H groups in total. The average Bonchev–Trinajstić information content (AvgIpc) is 2.66. The summed E-state index contributed by atoms with van der Waals surface area (Å²) < 4.78 is 42.1. The molecule has 0 saturated heterocycles. The Balaban J connectivity index is 2.16. The van der Waals surface area contributed by atoms with Gasteiger partial charge in [0.15, 0.2) is 0 Å². The number of halogens is 3. The van der Waals surface area contributed by atoms with Gasteiger partial charge in [0.05, 0.1) is 6.07 Å². The van der Waals surface area contributed by atoms with Crippen molar-refractivity contribution < 1.29 is 17.9 Å². The van der Waals surface area contributed by atoms with E-state index in [1.54, 1.807) is 30.5 Å². The fourth-order valence-electron chi connectivity index (χ4n) is 3.18. The molecule has 0 radical (unpaired) electrons. The van der Waals surface area contributed by atoms with E-state index in [-0.39, 0.29) is 12.2 Å². The van der Waals surface area contributed by atoms with Crippen LogP contribution in [-0.2, 0) is 11.8 Å². The lowest BCUT2D eigenvalue weighted by Gasteiger charge is -2.28. The molecule has 6 heteroatoms. The molecule has 28 heavy (non-hydrogen) atoms. The van der Waals surface area contributed by atoms with Gasteiger partial charge in [-0.25, -0.2) is 0 Å². The van der Waals surface area contributed by atoms with Crippen LogP contribution in [0.2, 0.25) is 0 Å². The lowest BCUT2D eigenvalue weighted by Crippen LogP contribution is -2.29. The molecule has 142 valence electrons. The molecule has 0 aliphatic carbocycles. The summed E-state index contributed by atoms with van der Waals surface area (Å²) in [5, 5.41) is 10.2. The Hall–Kier alpha value is -3.33. The first-order valence-corrected chi connectivity index (χ1v) is 8.57. The molecule has 0 spiro atoms. The van der Waals surface area contributed by atoms with Crippen LogP contribution in [0.15, 0.2) is 72.9 Å². The second-order valence-electron chi connectivity index (χ2n) is 6.46. The lowest BCUT2D eigenvalue weighted by molar-refractivity contribution is -0.274. The van der Waals surface area contributed by atoms with Crippen LogP contribution in [0.1, 0.15) is 22.4 Å². The highest BCUT2D eigenvalue weighted by Crippen LogP contribution is 2.37. The standard InChI is InChI=1S/C22H17F3N2O/c1-16-6-4-7-17(12-16)21(15-26,14-19-9-2-3-11-27-19)18-8-5-10-20(13-18)28-22(23,24)25/h2-13H,14H2,1H3. The minimum Gasteiger partial charge on any atom is -0.406 e. The minimum absolute atomic E-state index is 0.212. The van der Waals surface area contributed by atoms with Crippen LogP contribution in [0.25, 0.3) is 0 Å². The zero-order valence-corrected chi connectivity index (χ0v) is 15.1. The SMILES string of the molecule is Cc1cccc(C(C#N)(Cc2ccccn2)c2cccc(OC(F)(F)F)c2)c1. The normalized spacial score (nSPS) is 13.4. The third-order valence-electron chi connectivity index (χ3n) is 4.43. The predicted molar refractivity (Wildman–Crippen MR) is 98.6 cm³/mol. The second-order valence-corrected chi connectivity index (χ2v) is 6.46. The molecule has 0 aliphatic rings. The van der Waals surface area contributed by atoms with Gasteiger partial charge in [-0.2, -0.15) is 5.26 Å². The third-order valence-corrected chi connectivity index (χ3v) is 4.43. The molecule has 2 aromatic carbocycles. The Morgan fingerprint density at radius 2 is 1.68 bits per heavy atom. The Morgan fingerprint density at radius 1 is 0.964 bits per heavy atom. The molecule has 3 rings (SSSR count). The van der Waals surface area contributed by atoms with E-state index in [1.165, 1.54) is 18.2 Å². The number of alkyl halides is 3. The quantitative estimate of drug-likeness (QED) is 0.598. The summed E-state index contributed by atoms with van der Waals surface area (Å²) in [6.07, 6.45) is -2.97. The number of pyridine rings is 1. The first-order chi connectivity index (χ1) is 13.3. The van der Waals surface area contributed by atoms with Crippen molar-refractivity contribution in [3.8, 4) is 11.8 Å². The number of hydrogen-bond acceptors (Lipinski definition) is 3. The summed E-state index contributed by atoms with van der Waals surface area (Å²) in [7, 11) is 0. The molecular weight excluding hydrogens is 365 g/mol. The first-order valence-electron chi connectivity index (χ1n) is 8.57. The van der Waals surface area contributed by atoms with Crippen molar-refractivity contribution in [2.75, 3.05) is 0 Å². The van der Waals surface area contributed by atoms with E-state index in [2.05, 4.69) is 15.8 Å². The fourth-order valence-corrected chi connectivity index (χ4v) is 3.18. The Kier molecular flexibility index (Phi) is 5.36. The van der Waals surface area contributed by atoms with Gasteiger partial charge in [-0.15, -0.1) is 13.2 Å². The van der Waals surface area contributed by atoms with Crippen LogP contribution in [0.4, 0.5) is 13.2 Å². The fraction of sp³-hybridized carbons (Fsp3) is 0.182. The molecule has 0 fully saturated rings. The summed E-state index contributed by atoms with van der Waals surface area (Å²) >= 11 is 0. The van der Waals surface area contributed by atoms with E-state index >= 15 is 0 Å². The topological polar surface area (TPSA) is 45.9 Å². The number of ether oxygens (including phenoxy) is 1. The summed E-state index contributed by atoms with van der Waals surface area (Å²) in [4.78, 5) is 4.30. The van der Waals surface area contributed by atoms with E-state index in [4.69, 9.17) is 0 Å². The molecule has 0 saturated carbocycles. The van der Waals surface area contributed by atoms with Gasteiger partial charge in [-0.3, -0.25) is 4.98 Å². The lowest BCUT2D eigenvalue weighted by atomic mass is 9.72. The van der Waals surface area contributed by atoms with Gasteiger partial charge in [0, 0.05) is 18.3 Å². The van der Waals surface area contributed by atoms with Gasteiger partial charge >= 0.3 is 6.36 Å². The van der Waals surface area contributed by atoms with Crippen LogP contribution in [0, 0.1) is 18.3 Å². The molecular formula is C22H17F3N2O. The number of benzene rings is 2. The molecule has 1 heterocycles. The highest BCUT2D eigenvalue weighted by Gasteiger charge is 2.37. The number of nitrogens with zero attached hydrogens (tertiary/aromatic N) is 2. The second kappa shape index (κ2) is 7.73. The average molecular weight is 382 g/mol. The maximum Gasteiger partial charge on any atom is 0.573 e. The van der Waals surface area contributed by atoms with Gasteiger partial charge in [0.25, 0.3) is 0 Å². The monoisotopic (exact) mass is 382 g/mol. The number of aromatic nitrogens is 1. The predicted octanol–water partition coefficient (Wildman–Crippen LogP) is 5.34. The molecule has 1 atom stereocenters. The van der Waals surface area contributed by atoms with E-state index in [0.717, 1.165) is 5.56 Å². The van der Waals surface area contributed by atoms with E-state index in [0.29, 0.717) is 16.8 Å². The van der Waals surface area contributed by atoms with E-state index in [1.807, 2.05) is 31.2 Å². The highest BCUT2D eigenvalue weighted by atomic mass is 19.4. The number of rotatable bonds is 5. The Labute approximate surface area is 161 Å². The third kappa shape index (κ3) is 4.32. The molecule has 1 unspecified atom stereocenters. The Morgan fingerprint density at radius 3 is 2.29 bits per heavy atom. The minimum atomic E-state index is -4.81. The largest absolute Gasteiger partial charge is 0.573 e. The van der Waals surface area contributed by atoms with E-state index < -0.39 is 11.8 Å². The van der Waals surface area contributed by atoms with Crippen molar-refractivity contribution in [3.05, 3.63) is 95.3 Å². The van der Waals surface area contributed by atoms with Gasteiger partial charge in [-0.05, 0) is 42.3 Å². The summed E-state index contributed by atoms with van der Waals surface area (Å²) in [5.74, 6) is -0.363. The van der Waals surface area contributed by atoms with Gasteiger partial charge in [0.1, 0.15) is 11.2 Å². The molecule has 0 bridgehead atoms. The van der Waals surface area contributed by atoms with Gasteiger partial charge < -0.3 is 4.74 Å². The molecule has 0 amide bonds. The van der Waals surface area contributed by atoms with Crippen LogP contribution < -0.4 is 4.74 Å². The first kappa shape index (κ1) is 19.4. The summed E-state index contributed by atoms with van der Waals surface area (Å²) in [5.41, 5.74) is 1.48. The van der Waals surface area contributed by atoms with Crippen LogP contribution in [0.3, 0.4) is 0 Å². The highest BCUT2D eigenvalue weighted by molar-refractivity contribution is 5.50. The van der Waals surface area contributed by atoms with Crippen LogP contribution >= 0.6 is 0 Å². The van der Waals surface area contributed by atoms with Crippen molar-refractivity contribution in [2.24, 2.45) is 0 Å². The van der Waals surface area contributed by atoms with Crippen molar-refractivity contribution in [1.82, 2.24) is 4.98 Å². The van der Waals surface area contributed by atoms with Crippen molar-refractivity contribution in [2.45, 2.75) is 25.1 Å². The summed E-state index contributed by atoms with van der Waals surface area (Å²) in [6, 6.07) is 20.7. The molecule has 1 aromatic heterocycles. The summed E-state index contributed by atoms with van der Waals surface area (Å²) in [6.45, 7) is 1.90. The Bertz CT molecular complexity index is 996. The van der Waals surface area contributed by atoms with Gasteiger partial charge in [-0.1, -0.05) is 48.0 Å². The maximum atomic E-state index is 12.7. The van der Waals surface area contributed by atoms with E-state index in [9.17, 15) is 18.4 Å². The van der Waals surface area contributed by atoms with Gasteiger partial charge in [0.2, 0.25) is 0 Å². The number of nitriles is 1. The maximum absolute atomic E-state index is 12.7. The smallest absolute Gasteiger partial charge is 0.406 e. The number of aryl methyl sites for hydroxylation is 1. The molecule has 3 nitrogen and oxygen atoms in total.